The number of hydrogen-bond donors (Lipinski definition) is 0. The van der Waals surface area contributed by atoms with Gasteiger partial charge in [-0.25, -0.2) is 0 Å². The van der Waals surface area contributed by atoms with E-state index in [0.717, 1.165) is 6.54 Å². The second-order valence-electron chi connectivity index (χ2n) is 7.63. The van der Waals surface area contributed by atoms with Crippen LogP contribution in [0.15, 0.2) is 42.5 Å². The molecule has 0 saturated heterocycles. The van der Waals surface area contributed by atoms with Crippen LogP contribution in [0.2, 0.25) is 0 Å². The van der Waals surface area contributed by atoms with Gasteiger partial charge in [0.2, 0.25) is 0 Å². The molecule has 4 rings (SSSR count). The first-order chi connectivity index (χ1) is 9.93. The summed E-state index contributed by atoms with van der Waals surface area (Å²) in [6.45, 7) is 10.6. The largest absolute Gasteiger partial charge is 0.341 e. The second kappa shape index (κ2) is 3.91. The van der Waals surface area contributed by atoms with Gasteiger partial charge < -0.3 is 4.90 Å². The van der Waals surface area contributed by atoms with Crippen molar-refractivity contribution in [3.8, 4) is 0 Å². The lowest BCUT2D eigenvalue weighted by Gasteiger charge is -2.48. The fraction of sp³-hybridized carbons (Fsp3) is 0.400. The van der Waals surface area contributed by atoms with E-state index in [2.05, 4.69) is 75.1 Å². The van der Waals surface area contributed by atoms with Crippen molar-refractivity contribution in [3.63, 3.8) is 0 Å². The molecule has 0 radical (unpaired) electrons. The highest BCUT2D eigenvalue weighted by atomic mass is 15.2. The Balaban J connectivity index is 2.09. The van der Waals surface area contributed by atoms with Crippen LogP contribution in [0.25, 0.3) is 0 Å². The highest BCUT2D eigenvalue weighted by molar-refractivity contribution is 5.81. The van der Waals surface area contributed by atoms with Gasteiger partial charge >= 0.3 is 0 Å². The van der Waals surface area contributed by atoms with E-state index in [1.807, 2.05) is 0 Å². The van der Waals surface area contributed by atoms with E-state index in [9.17, 15) is 0 Å². The molecule has 0 atom stereocenters. The molecule has 2 aromatic carbocycles. The van der Waals surface area contributed by atoms with Gasteiger partial charge in [0, 0.05) is 23.3 Å². The molecule has 0 spiro atoms. The Morgan fingerprint density at radius 3 is 2.29 bits per heavy atom. The fourth-order valence-electron chi connectivity index (χ4n) is 4.15. The van der Waals surface area contributed by atoms with Gasteiger partial charge in [-0.3, -0.25) is 0 Å². The highest BCUT2D eigenvalue weighted by Crippen LogP contribution is 2.54. The Bertz CT molecular complexity index is 724. The quantitative estimate of drug-likeness (QED) is 0.644. The van der Waals surface area contributed by atoms with Crippen molar-refractivity contribution >= 4 is 11.4 Å². The number of fused-ring (bicyclic) bond motifs is 2. The minimum absolute atomic E-state index is 0.0753. The lowest BCUT2D eigenvalue weighted by Crippen LogP contribution is -2.41. The Kier molecular flexibility index (Phi) is 2.41. The number of anilines is 2. The maximum absolute atomic E-state index is 2.55. The average Bonchev–Trinajstić information content (AvgIpc) is 2.46. The van der Waals surface area contributed by atoms with Crippen LogP contribution in [0.1, 0.15) is 50.8 Å². The van der Waals surface area contributed by atoms with E-state index in [0.29, 0.717) is 0 Å². The maximum Gasteiger partial charge on any atom is 0.0490 e. The minimum atomic E-state index is 0.0753. The summed E-state index contributed by atoms with van der Waals surface area (Å²) in [4.78, 5) is 2.55. The first-order valence-corrected chi connectivity index (χ1v) is 7.94. The molecule has 2 heterocycles. The Morgan fingerprint density at radius 1 is 0.810 bits per heavy atom. The smallest absolute Gasteiger partial charge is 0.0490 e. The highest BCUT2D eigenvalue weighted by Gasteiger charge is 2.42. The topological polar surface area (TPSA) is 3.24 Å². The van der Waals surface area contributed by atoms with Gasteiger partial charge in [-0.2, -0.15) is 0 Å². The van der Waals surface area contributed by atoms with Gasteiger partial charge in [-0.05, 0) is 34.6 Å². The molecular weight excluding hydrogens is 254 g/mol. The summed E-state index contributed by atoms with van der Waals surface area (Å²) in [5.41, 5.74) is 7.65. The normalized spacial score (nSPS) is 20.7. The fourth-order valence-corrected chi connectivity index (χ4v) is 4.15. The molecule has 0 fully saturated rings. The molecule has 2 aliphatic rings. The molecule has 21 heavy (non-hydrogen) atoms. The molecule has 2 aromatic rings. The van der Waals surface area contributed by atoms with Crippen LogP contribution in [0, 0.1) is 0 Å². The van der Waals surface area contributed by atoms with Crippen molar-refractivity contribution < 1.29 is 0 Å². The molecule has 108 valence electrons. The number of rotatable bonds is 0. The zero-order chi connectivity index (χ0) is 14.8. The predicted octanol–water partition coefficient (Wildman–Crippen LogP) is 5.15. The van der Waals surface area contributed by atoms with E-state index in [1.165, 1.54) is 34.5 Å². The molecule has 0 unspecified atom stereocenters. The third-order valence-electron chi connectivity index (χ3n) is 5.54. The van der Waals surface area contributed by atoms with Crippen molar-refractivity contribution in [1.82, 2.24) is 0 Å². The summed E-state index contributed by atoms with van der Waals surface area (Å²) < 4.78 is 0. The molecule has 0 N–H and O–H groups in total. The van der Waals surface area contributed by atoms with E-state index >= 15 is 0 Å². The monoisotopic (exact) mass is 277 g/mol. The van der Waals surface area contributed by atoms with Crippen LogP contribution in [-0.2, 0) is 10.8 Å². The second-order valence-corrected chi connectivity index (χ2v) is 7.63. The van der Waals surface area contributed by atoms with E-state index < -0.39 is 0 Å². The van der Waals surface area contributed by atoms with Crippen molar-refractivity contribution in [2.45, 2.75) is 44.9 Å². The Labute approximate surface area is 127 Å². The Hall–Kier alpha value is -1.76. The maximum atomic E-state index is 2.55. The SMILES string of the molecule is CC1(C)CCN2c3ccccc3C(C)(C)c3cccc1c32. The van der Waals surface area contributed by atoms with Crippen LogP contribution < -0.4 is 4.90 Å². The number of hydrogen-bond acceptors (Lipinski definition) is 1. The van der Waals surface area contributed by atoms with Crippen molar-refractivity contribution in [2.75, 3.05) is 11.4 Å². The Morgan fingerprint density at radius 2 is 1.48 bits per heavy atom. The van der Waals surface area contributed by atoms with Crippen LogP contribution in [0.4, 0.5) is 11.4 Å². The lowest BCUT2D eigenvalue weighted by molar-refractivity contribution is 0.458. The van der Waals surface area contributed by atoms with Crippen LogP contribution in [-0.4, -0.2) is 6.54 Å². The van der Waals surface area contributed by atoms with Gasteiger partial charge in [0.15, 0.2) is 0 Å². The van der Waals surface area contributed by atoms with Crippen molar-refractivity contribution in [2.24, 2.45) is 0 Å². The molecule has 0 saturated carbocycles. The summed E-state index contributed by atoms with van der Waals surface area (Å²) in [5.74, 6) is 0. The van der Waals surface area contributed by atoms with Gasteiger partial charge in [-0.15, -0.1) is 0 Å². The molecule has 0 amide bonds. The predicted molar refractivity (Wildman–Crippen MR) is 89.7 cm³/mol. The summed E-state index contributed by atoms with van der Waals surface area (Å²) in [7, 11) is 0. The standard InChI is InChI=1S/C20H23N/c1-19(2)12-13-21-17-11-6-5-8-14(17)20(3,4)16-10-7-9-15(19)18(16)21/h5-11H,12-13H2,1-4H3. The summed E-state index contributed by atoms with van der Waals surface area (Å²) in [6.07, 6.45) is 1.21. The molecule has 2 aliphatic heterocycles. The van der Waals surface area contributed by atoms with Crippen LogP contribution in [0.5, 0.6) is 0 Å². The third kappa shape index (κ3) is 1.58. The minimum Gasteiger partial charge on any atom is -0.341 e. The molecular formula is C20H23N. The van der Waals surface area contributed by atoms with Gasteiger partial charge in [0.25, 0.3) is 0 Å². The molecule has 0 aromatic heterocycles. The number of nitrogens with zero attached hydrogens (tertiary/aromatic N) is 1. The average molecular weight is 277 g/mol. The van der Waals surface area contributed by atoms with Crippen LogP contribution >= 0.6 is 0 Å². The molecule has 0 aliphatic carbocycles. The zero-order valence-electron chi connectivity index (χ0n) is 13.4. The van der Waals surface area contributed by atoms with Gasteiger partial charge in [0.1, 0.15) is 0 Å². The third-order valence-corrected chi connectivity index (χ3v) is 5.54. The summed E-state index contributed by atoms with van der Waals surface area (Å²) in [5, 5.41) is 0. The first-order valence-electron chi connectivity index (χ1n) is 7.94. The molecule has 1 heteroatoms. The zero-order valence-corrected chi connectivity index (χ0v) is 13.4. The molecule has 1 nitrogen and oxygen atoms in total. The van der Waals surface area contributed by atoms with E-state index in [-0.39, 0.29) is 10.8 Å². The van der Waals surface area contributed by atoms with Gasteiger partial charge in [0.05, 0.1) is 0 Å². The number of benzene rings is 2. The van der Waals surface area contributed by atoms with E-state index in [4.69, 9.17) is 0 Å². The first kappa shape index (κ1) is 12.9. The van der Waals surface area contributed by atoms with E-state index in [1.54, 1.807) is 0 Å². The van der Waals surface area contributed by atoms with Gasteiger partial charge in [-0.1, -0.05) is 64.1 Å². The summed E-state index contributed by atoms with van der Waals surface area (Å²) in [6, 6.07) is 15.8. The van der Waals surface area contributed by atoms with Crippen molar-refractivity contribution in [3.05, 3.63) is 59.2 Å². The molecule has 0 bridgehead atoms. The summed E-state index contributed by atoms with van der Waals surface area (Å²) >= 11 is 0. The lowest BCUT2D eigenvalue weighted by atomic mass is 9.68. The number of para-hydroxylation sites is 2. The van der Waals surface area contributed by atoms with Crippen molar-refractivity contribution in [1.29, 1.82) is 0 Å². The van der Waals surface area contributed by atoms with Crippen LogP contribution in [0.3, 0.4) is 0 Å².